The number of nitrogens with zero attached hydrogens (tertiary/aromatic N) is 1. The normalized spacial score (nSPS) is 28.3. The highest BCUT2D eigenvalue weighted by atomic mass is 16.4. The van der Waals surface area contributed by atoms with Gasteiger partial charge in [0.1, 0.15) is 0 Å². The molecule has 2 unspecified atom stereocenters. The molecular formula is C32H46N2O3. The maximum atomic E-state index is 13.4. The number of nitrogens with one attached hydrogen (secondary N) is 1. The van der Waals surface area contributed by atoms with Crippen LogP contribution in [0.4, 0.5) is 0 Å². The molecule has 5 heteroatoms. The Hall–Kier alpha value is -2.58. The molecule has 1 aromatic carbocycles. The van der Waals surface area contributed by atoms with E-state index in [4.69, 9.17) is 0 Å². The topological polar surface area (TPSA) is 69.6 Å². The Morgan fingerprint density at radius 3 is 2.19 bits per heavy atom. The molecule has 0 radical (unpaired) electrons. The molecule has 1 amide bonds. The van der Waals surface area contributed by atoms with Gasteiger partial charge in [0.25, 0.3) is 5.91 Å². The molecule has 2 atom stereocenters. The second-order valence-electron chi connectivity index (χ2n) is 12.1. The number of carboxylic acid groups (broad SMARTS) is 1. The summed E-state index contributed by atoms with van der Waals surface area (Å²) in [6.07, 6.45) is 17.0. The van der Waals surface area contributed by atoms with Crippen LogP contribution in [0.1, 0.15) is 96.3 Å². The lowest BCUT2D eigenvalue weighted by molar-refractivity contribution is -0.144. The van der Waals surface area contributed by atoms with E-state index in [-0.39, 0.29) is 23.9 Å². The number of amides is 1. The number of carbonyl (C=O) groups is 2. The summed E-state index contributed by atoms with van der Waals surface area (Å²) in [6.45, 7) is 11.6. The van der Waals surface area contributed by atoms with Crippen molar-refractivity contribution >= 4 is 24.0 Å². The van der Waals surface area contributed by atoms with E-state index in [1.165, 1.54) is 25.7 Å². The van der Waals surface area contributed by atoms with Crippen LogP contribution in [-0.2, 0) is 4.79 Å². The van der Waals surface area contributed by atoms with Crippen molar-refractivity contribution in [3.63, 3.8) is 0 Å². The van der Waals surface area contributed by atoms with Crippen molar-refractivity contribution in [3.8, 4) is 12.3 Å². The summed E-state index contributed by atoms with van der Waals surface area (Å²) >= 11 is 0. The van der Waals surface area contributed by atoms with Crippen LogP contribution in [0.3, 0.4) is 0 Å². The molecule has 1 aliphatic carbocycles. The molecule has 2 bridgehead atoms. The largest absolute Gasteiger partial charge is 0.481 e. The summed E-state index contributed by atoms with van der Waals surface area (Å²) in [7, 11) is 0. The molecule has 202 valence electrons. The third-order valence-electron chi connectivity index (χ3n) is 8.64. The molecular weight excluding hydrogens is 460 g/mol. The smallest absolute Gasteiger partial charge is 0.306 e. The maximum absolute atomic E-state index is 13.4. The van der Waals surface area contributed by atoms with Crippen LogP contribution in [0.2, 0.25) is 0 Å². The summed E-state index contributed by atoms with van der Waals surface area (Å²) < 4.78 is 0. The monoisotopic (exact) mass is 506 g/mol. The average Bonchev–Trinajstić information content (AvgIpc) is 3.12. The van der Waals surface area contributed by atoms with Crippen molar-refractivity contribution in [2.24, 2.45) is 17.3 Å². The zero-order valence-corrected chi connectivity index (χ0v) is 23.4. The molecule has 3 fully saturated rings. The van der Waals surface area contributed by atoms with E-state index in [0.29, 0.717) is 29.9 Å². The molecule has 2 saturated heterocycles. The highest BCUT2D eigenvalue weighted by molar-refractivity contribution is 5.95. The predicted octanol–water partition coefficient (Wildman–Crippen LogP) is 4.57. The Bertz CT molecular complexity index is 1090. The standard InChI is InChI=1S/C29H42N2O3.C3H4/c1-5-19-16-21(27(32)31-25-12-13-26(31)18-22(17-25)28(33)34)7-6-20(19)14-15-30-24-10-8-23(9-11-24)29(2,3)4;1-3-2/h5-7,14,16,22-26,30H,8-13,15,17-18H2,1-4H3,(H,33,34);1H,2H3/b19-5-,20-14-;. The Morgan fingerprint density at radius 1 is 1.08 bits per heavy atom. The minimum atomic E-state index is -0.720. The van der Waals surface area contributed by atoms with Crippen molar-refractivity contribution < 1.29 is 14.7 Å². The van der Waals surface area contributed by atoms with Gasteiger partial charge >= 0.3 is 5.97 Å². The quantitative estimate of drug-likeness (QED) is 0.574. The second-order valence-corrected chi connectivity index (χ2v) is 12.1. The molecule has 5 nitrogen and oxygen atoms in total. The van der Waals surface area contributed by atoms with Crippen LogP contribution in [-0.4, -0.2) is 46.6 Å². The van der Waals surface area contributed by atoms with Gasteiger partial charge in [-0.2, -0.15) is 0 Å². The van der Waals surface area contributed by atoms with Gasteiger partial charge < -0.3 is 15.3 Å². The van der Waals surface area contributed by atoms with Crippen molar-refractivity contribution in [2.75, 3.05) is 6.54 Å². The van der Waals surface area contributed by atoms with E-state index in [1.807, 2.05) is 24.0 Å². The fourth-order valence-electron chi connectivity index (χ4n) is 6.50. The lowest BCUT2D eigenvalue weighted by atomic mass is 9.71. The first kappa shape index (κ1) is 29.0. The summed E-state index contributed by atoms with van der Waals surface area (Å²) in [5, 5.41) is 15.4. The van der Waals surface area contributed by atoms with Gasteiger partial charge in [-0.25, -0.2) is 0 Å². The van der Waals surface area contributed by atoms with Crippen molar-refractivity contribution in [1.29, 1.82) is 0 Å². The van der Waals surface area contributed by atoms with E-state index in [9.17, 15) is 14.7 Å². The molecule has 4 rings (SSSR count). The van der Waals surface area contributed by atoms with Crippen LogP contribution >= 0.6 is 0 Å². The van der Waals surface area contributed by atoms with E-state index in [2.05, 4.69) is 56.7 Å². The van der Waals surface area contributed by atoms with Crippen molar-refractivity contribution in [3.05, 3.63) is 34.2 Å². The molecule has 2 aliphatic heterocycles. The molecule has 0 aromatic heterocycles. The van der Waals surface area contributed by atoms with Crippen LogP contribution in [0.25, 0.3) is 12.2 Å². The Balaban J connectivity index is 0.00000121. The van der Waals surface area contributed by atoms with Gasteiger partial charge in [-0.3, -0.25) is 9.59 Å². The SMILES string of the molecule is C#CC.C/C=c1/cc(C(=O)N2C3CCC2CC(C(=O)O)C3)cc/c1=C/CNC1CCC(C(C)(C)C)CC1. The fourth-order valence-corrected chi connectivity index (χ4v) is 6.50. The predicted molar refractivity (Wildman–Crippen MR) is 151 cm³/mol. The lowest BCUT2D eigenvalue weighted by Crippen LogP contribution is -2.48. The highest BCUT2D eigenvalue weighted by Crippen LogP contribution is 2.40. The molecule has 2 heterocycles. The first-order chi connectivity index (χ1) is 17.6. The number of terminal acetylenes is 1. The zero-order valence-electron chi connectivity index (χ0n) is 23.4. The molecule has 0 spiro atoms. The maximum Gasteiger partial charge on any atom is 0.306 e. The third-order valence-corrected chi connectivity index (χ3v) is 8.64. The molecule has 1 saturated carbocycles. The number of carboxylic acids is 1. The van der Waals surface area contributed by atoms with E-state index < -0.39 is 5.97 Å². The van der Waals surface area contributed by atoms with Crippen molar-refractivity contribution in [2.45, 2.75) is 104 Å². The first-order valence-electron chi connectivity index (χ1n) is 14.0. The van der Waals surface area contributed by atoms with E-state index in [1.54, 1.807) is 6.92 Å². The lowest BCUT2D eigenvalue weighted by Gasteiger charge is -2.37. The molecule has 1 aromatic rings. The minimum Gasteiger partial charge on any atom is -0.481 e. The fraction of sp³-hybridized carbons (Fsp3) is 0.625. The van der Waals surface area contributed by atoms with Crippen LogP contribution in [0, 0.1) is 29.6 Å². The number of rotatable bonds is 5. The first-order valence-corrected chi connectivity index (χ1v) is 14.0. The minimum absolute atomic E-state index is 0.0553. The molecule has 3 aliphatic rings. The Morgan fingerprint density at radius 2 is 1.68 bits per heavy atom. The van der Waals surface area contributed by atoms with Gasteiger partial charge in [0.05, 0.1) is 5.92 Å². The summed E-state index contributed by atoms with van der Waals surface area (Å²) in [6, 6.07) is 6.72. The van der Waals surface area contributed by atoms with Crippen LogP contribution < -0.4 is 15.8 Å². The Kier molecular flexibility index (Phi) is 10.0. The number of fused-ring (bicyclic) bond motifs is 2. The van der Waals surface area contributed by atoms with Crippen molar-refractivity contribution in [1.82, 2.24) is 10.2 Å². The van der Waals surface area contributed by atoms with Gasteiger partial charge in [-0.1, -0.05) is 39.0 Å². The summed E-state index contributed by atoms with van der Waals surface area (Å²) in [4.78, 5) is 26.8. The number of piperidine rings is 1. The van der Waals surface area contributed by atoms with E-state index in [0.717, 1.165) is 35.7 Å². The number of aliphatic carboxylic acids is 1. The molecule has 2 N–H and O–H groups in total. The number of benzene rings is 1. The number of hydrogen-bond acceptors (Lipinski definition) is 3. The number of carbonyl (C=O) groups excluding carboxylic acids is 1. The van der Waals surface area contributed by atoms with Gasteiger partial charge in [0, 0.05) is 30.2 Å². The summed E-state index contributed by atoms with van der Waals surface area (Å²) in [5.41, 5.74) is 1.12. The van der Waals surface area contributed by atoms with Gasteiger partial charge in [0.2, 0.25) is 0 Å². The van der Waals surface area contributed by atoms with Gasteiger partial charge in [0.15, 0.2) is 0 Å². The van der Waals surface area contributed by atoms with Crippen LogP contribution in [0.15, 0.2) is 18.2 Å². The third kappa shape index (κ3) is 7.26. The van der Waals surface area contributed by atoms with Gasteiger partial charge in [-0.15, -0.1) is 12.3 Å². The van der Waals surface area contributed by atoms with E-state index >= 15 is 0 Å². The second kappa shape index (κ2) is 12.8. The van der Waals surface area contributed by atoms with Crippen LogP contribution in [0.5, 0.6) is 0 Å². The van der Waals surface area contributed by atoms with Gasteiger partial charge in [-0.05, 0) is 99.1 Å². The zero-order chi connectivity index (χ0) is 27.2. The summed E-state index contributed by atoms with van der Waals surface area (Å²) in [5.74, 6) is 2.10. The highest BCUT2D eigenvalue weighted by Gasteiger charge is 2.45. The average molecular weight is 507 g/mol. The molecule has 37 heavy (non-hydrogen) atoms. The number of hydrogen-bond donors (Lipinski definition) is 2. The Labute approximate surface area is 223 Å².